The van der Waals surface area contributed by atoms with E-state index in [-0.39, 0.29) is 30.1 Å². The number of aliphatic hydroxyl groups is 1. The van der Waals surface area contributed by atoms with Crippen molar-refractivity contribution >= 4 is 5.78 Å². The summed E-state index contributed by atoms with van der Waals surface area (Å²) in [6.45, 7) is 9.13. The second-order valence-electron chi connectivity index (χ2n) is 6.38. The maximum absolute atomic E-state index is 14.1. The molecule has 1 aromatic rings. The van der Waals surface area contributed by atoms with Crippen LogP contribution in [0, 0.1) is 5.82 Å². The number of halogens is 1. The molecule has 0 saturated carbocycles. The third-order valence-electron chi connectivity index (χ3n) is 3.53. The van der Waals surface area contributed by atoms with Gasteiger partial charge in [-0.1, -0.05) is 29.9 Å². The number of ketones is 1. The van der Waals surface area contributed by atoms with Crippen LogP contribution in [0.2, 0.25) is 0 Å². The van der Waals surface area contributed by atoms with Gasteiger partial charge in [0.15, 0.2) is 17.3 Å². The van der Waals surface area contributed by atoms with E-state index in [0.29, 0.717) is 0 Å². The Morgan fingerprint density at radius 3 is 2.69 bits per heavy atom. The molecule has 0 bridgehead atoms. The first-order valence-electron chi connectivity index (χ1n) is 8.56. The molecule has 142 valence electrons. The molecule has 1 unspecified atom stereocenters. The lowest BCUT2D eigenvalue weighted by molar-refractivity contribution is 0.0921. The highest BCUT2D eigenvalue weighted by molar-refractivity contribution is 5.96. The zero-order chi connectivity index (χ0) is 19.5. The largest absolute Gasteiger partial charge is 0.486 e. The first-order valence-corrected chi connectivity index (χ1v) is 8.56. The minimum Gasteiger partial charge on any atom is -0.486 e. The SMILES string of the molecule is C=CCN(C)CC=CCOc1ccc(C(=O)CC(O)C=C(C)C)cc1F. The third kappa shape index (κ3) is 8.23. The highest BCUT2D eigenvalue weighted by atomic mass is 19.1. The van der Waals surface area contributed by atoms with E-state index in [1.165, 1.54) is 12.1 Å². The van der Waals surface area contributed by atoms with Crippen molar-refractivity contribution in [3.8, 4) is 5.75 Å². The van der Waals surface area contributed by atoms with Crippen molar-refractivity contribution < 1.29 is 19.0 Å². The standard InChI is InChI=1S/C21H28FNO3/c1-5-10-23(4)11-6-7-12-26-21-9-8-17(14-19(21)22)20(25)15-18(24)13-16(2)3/h5-9,13-14,18,24H,1,10-12,15H2,2-4H3. The van der Waals surface area contributed by atoms with Crippen LogP contribution < -0.4 is 4.74 Å². The predicted octanol–water partition coefficient (Wildman–Crippen LogP) is 3.78. The molecule has 0 heterocycles. The number of nitrogens with zero attached hydrogens (tertiary/aromatic N) is 1. The molecule has 4 nitrogen and oxygen atoms in total. The highest BCUT2D eigenvalue weighted by Crippen LogP contribution is 2.20. The summed E-state index contributed by atoms with van der Waals surface area (Å²) in [5.74, 6) is -0.814. The van der Waals surface area contributed by atoms with Crippen molar-refractivity contribution in [2.75, 3.05) is 26.7 Å². The van der Waals surface area contributed by atoms with E-state index in [1.54, 1.807) is 6.08 Å². The number of carbonyl (C=O) groups is 1. The fourth-order valence-electron chi connectivity index (χ4n) is 2.30. The van der Waals surface area contributed by atoms with Crippen LogP contribution in [0.25, 0.3) is 0 Å². The number of hydrogen-bond acceptors (Lipinski definition) is 4. The molecule has 0 aliphatic rings. The molecule has 1 aromatic carbocycles. The summed E-state index contributed by atoms with van der Waals surface area (Å²) in [6, 6.07) is 4.10. The second kappa shape index (κ2) is 11.4. The van der Waals surface area contributed by atoms with Gasteiger partial charge in [0.2, 0.25) is 0 Å². The number of likely N-dealkylation sites (N-methyl/N-ethyl adjacent to an activating group) is 1. The van der Waals surface area contributed by atoms with E-state index >= 15 is 0 Å². The Kier molecular flexibility index (Phi) is 9.55. The van der Waals surface area contributed by atoms with Gasteiger partial charge in [-0.15, -0.1) is 6.58 Å². The maximum atomic E-state index is 14.1. The monoisotopic (exact) mass is 361 g/mol. The minimum absolute atomic E-state index is 0.0776. The Hall–Kier alpha value is -2.24. The molecule has 0 aliphatic carbocycles. The molecule has 1 atom stereocenters. The molecular weight excluding hydrogens is 333 g/mol. The fraction of sp³-hybridized carbons (Fsp3) is 0.381. The van der Waals surface area contributed by atoms with Gasteiger partial charge in [0, 0.05) is 25.1 Å². The topological polar surface area (TPSA) is 49.8 Å². The Bertz CT molecular complexity index is 663. The van der Waals surface area contributed by atoms with E-state index in [4.69, 9.17) is 4.74 Å². The number of Topliss-reactive ketones (excluding diaryl/α,β-unsaturated/α-hetero) is 1. The molecule has 1 rings (SSSR count). The lowest BCUT2D eigenvalue weighted by atomic mass is 10.0. The zero-order valence-corrected chi connectivity index (χ0v) is 15.7. The lowest BCUT2D eigenvalue weighted by Gasteiger charge is -2.10. The second-order valence-corrected chi connectivity index (χ2v) is 6.38. The van der Waals surface area contributed by atoms with Gasteiger partial charge >= 0.3 is 0 Å². The number of aliphatic hydroxyl groups excluding tert-OH is 1. The van der Waals surface area contributed by atoms with Crippen LogP contribution in [-0.4, -0.2) is 48.6 Å². The van der Waals surface area contributed by atoms with E-state index in [2.05, 4.69) is 11.5 Å². The summed E-state index contributed by atoms with van der Waals surface area (Å²) in [5, 5.41) is 9.78. The molecular formula is C21H28FNO3. The quantitative estimate of drug-likeness (QED) is 0.481. The normalized spacial score (nSPS) is 12.2. The summed E-state index contributed by atoms with van der Waals surface area (Å²) in [4.78, 5) is 14.2. The number of allylic oxidation sites excluding steroid dienone is 1. The molecule has 0 radical (unpaired) electrons. The van der Waals surface area contributed by atoms with Crippen molar-refractivity contribution in [1.29, 1.82) is 0 Å². The number of rotatable bonds is 11. The van der Waals surface area contributed by atoms with Crippen LogP contribution in [0.3, 0.4) is 0 Å². The Morgan fingerprint density at radius 1 is 1.35 bits per heavy atom. The molecule has 0 saturated heterocycles. The first kappa shape index (κ1) is 21.8. The van der Waals surface area contributed by atoms with Crippen LogP contribution in [0.1, 0.15) is 30.6 Å². The van der Waals surface area contributed by atoms with Crippen molar-refractivity contribution in [2.45, 2.75) is 26.4 Å². The molecule has 0 amide bonds. The van der Waals surface area contributed by atoms with Crippen LogP contribution in [0.15, 0.2) is 54.7 Å². The third-order valence-corrected chi connectivity index (χ3v) is 3.53. The highest BCUT2D eigenvalue weighted by Gasteiger charge is 2.13. The average molecular weight is 361 g/mol. The van der Waals surface area contributed by atoms with Crippen LogP contribution in [-0.2, 0) is 0 Å². The van der Waals surface area contributed by atoms with Gasteiger partial charge in [-0.25, -0.2) is 4.39 Å². The molecule has 0 aromatic heterocycles. The number of hydrogen-bond donors (Lipinski definition) is 1. The molecule has 0 fully saturated rings. The lowest BCUT2D eigenvalue weighted by Crippen LogP contribution is -2.17. The Morgan fingerprint density at radius 2 is 2.08 bits per heavy atom. The van der Waals surface area contributed by atoms with Gasteiger partial charge in [-0.3, -0.25) is 9.69 Å². The van der Waals surface area contributed by atoms with Crippen LogP contribution >= 0.6 is 0 Å². The van der Waals surface area contributed by atoms with Gasteiger partial charge in [-0.05, 0) is 39.1 Å². The summed E-state index contributed by atoms with van der Waals surface area (Å²) in [7, 11) is 1.97. The van der Waals surface area contributed by atoms with E-state index in [0.717, 1.165) is 24.7 Å². The van der Waals surface area contributed by atoms with E-state index in [9.17, 15) is 14.3 Å². The molecule has 0 aliphatic heterocycles. The van der Waals surface area contributed by atoms with Gasteiger partial charge in [0.1, 0.15) is 6.61 Å². The minimum atomic E-state index is -0.865. The van der Waals surface area contributed by atoms with Crippen molar-refractivity contribution in [2.24, 2.45) is 0 Å². The number of ether oxygens (including phenoxy) is 1. The summed E-state index contributed by atoms with van der Waals surface area (Å²) in [5.41, 5.74) is 1.14. The maximum Gasteiger partial charge on any atom is 0.165 e. The average Bonchev–Trinajstić information content (AvgIpc) is 2.55. The molecule has 1 N–H and O–H groups in total. The van der Waals surface area contributed by atoms with Gasteiger partial charge in [-0.2, -0.15) is 0 Å². The summed E-state index contributed by atoms with van der Waals surface area (Å²) in [6.07, 6.45) is 6.23. The van der Waals surface area contributed by atoms with Crippen LogP contribution in [0.4, 0.5) is 4.39 Å². The van der Waals surface area contributed by atoms with Crippen molar-refractivity contribution in [3.05, 3.63) is 66.0 Å². The molecule has 5 heteroatoms. The van der Waals surface area contributed by atoms with Crippen LogP contribution in [0.5, 0.6) is 5.75 Å². The van der Waals surface area contributed by atoms with E-state index in [1.807, 2.05) is 39.1 Å². The molecule has 26 heavy (non-hydrogen) atoms. The summed E-state index contributed by atoms with van der Waals surface area (Å²) >= 11 is 0. The Balaban J connectivity index is 2.56. The zero-order valence-electron chi connectivity index (χ0n) is 15.7. The van der Waals surface area contributed by atoms with Crippen molar-refractivity contribution in [1.82, 2.24) is 4.90 Å². The number of benzene rings is 1. The van der Waals surface area contributed by atoms with Gasteiger partial charge in [0.05, 0.1) is 6.10 Å². The molecule has 0 spiro atoms. The number of carbonyl (C=O) groups excluding carboxylic acids is 1. The Labute approximate surface area is 155 Å². The van der Waals surface area contributed by atoms with Crippen molar-refractivity contribution in [3.63, 3.8) is 0 Å². The van der Waals surface area contributed by atoms with Gasteiger partial charge < -0.3 is 9.84 Å². The van der Waals surface area contributed by atoms with Gasteiger partial charge in [0.25, 0.3) is 0 Å². The fourth-order valence-corrected chi connectivity index (χ4v) is 2.30. The smallest absolute Gasteiger partial charge is 0.165 e. The predicted molar refractivity (Wildman–Crippen MR) is 103 cm³/mol. The van der Waals surface area contributed by atoms with E-state index < -0.39 is 11.9 Å². The summed E-state index contributed by atoms with van der Waals surface area (Å²) < 4.78 is 19.5. The first-order chi connectivity index (χ1) is 12.3.